The van der Waals surface area contributed by atoms with Gasteiger partial charge in [-0.2, -0.15) is 0 Å². The zero-order valence-corrected chi connectivity index (χ0v) is 11.5. The van der Waals surface area contributed by atoms with Crippen molar-refractivity contribution in [3.05, 3.63) is 17.8 Å². The topological polar surface area (TPSA) is 69.6 Å². The largest absolute Gasteiger partial charge is 0.480 e. The fraction of sp³-hybridized carbons (Fsp3) is 0.615. The van der Waals surface area contributed by atoms with Crippen molar-refractivity contribution in [1.29, 1.82) is 0 Å². The zero-order valence-electron chi connectivity index (χ0n) is 11.5. The zero-order chi connectivity index (χ0) is 14.5. The molecule has 0 radical (unpaired) electrons. The van der Waals surface area contributed by atoms with Gasteiger partial charge >= 0.3 is 5.97 Å². The van der Waals surface area contributed by atoms with E-state index >= 15 is 0 Å². The van der Waals surface area contributed by atoms with E-state index in [1.54, 1.807) is 0 Å². The summed E-state index contributed by atoms with van der Waals surface area (Å²) in [7, 11) is 0. The lowest BCUT2D eigenvalue weighted by Gasteiger charge is -2.22. The molecule has 0 spiro atoms. The molecule has 1 aromatic rings. The third-order valence-electron chi connectivity index (χ3n) is 3.43. The molecule has 0 unspecified atom stereocenters. The van der Waals surface area contributed by atoms with Crippen molar-refractivity contribution in [3.63, 3.8) is 0 Å². The lowest BCUT2D eigenvalue weighted by Crippen LogP contribution is -2.34. The van der Waals surface area contributed by atoms with Crippen molar-refractivity contribution < 1.29 is 14.3 Å². The van der Waals surface area contributed by atoms with Crippen LogP contribution in [-0.4, -0.2) is 58.7 Å². The molecule has 7 heteroatoms. The molecule has 0 saturated carbocycles. The summed E-state index contributed by atoms with van der Waals surface area (Å²) in [6, 6.07) is 0. The summed E-state index contributed by atoms with van der Waals surface area (Å²) in [5, 5.41) is 8.82. The summed E-state index contributed by atoms with van der Waals surface area (Å²) in [5.74, 6) is -0.865. The molecule has 0 aliphatic carbocycles. The first-order chi connectivity index (χ1) is 9.61. The standard InChI is InChI=1S/C13H19FN4O2/c1-2-10-12(14)13(16-9-15-10)18-5-3-4-17(6-7-18)8-11(19)20/h9H,2-8H2,1H3,(H,19,20). The second-order valence-electron chi connectivity index (χ2n) is 4.82. The van der Waals surface area contributed by atoms with Crippen molar-refractivity contribution in [2.24, 2.45) is 0 Å². The van der Waals surface area contributed by atoms with E-state index in [4.69, 9.17) is 5.11 Å². The van der Waals surface area contributed by atoms with E-state index in [9.17, 15) is 9.18 Å². The molecule has 0 aromatic carbocycles. The van der Waals surface area contributed by atoms with Crippen molar-refractivity contribution in [2.75, 3.05) is 37.6 Å². The van der Waals surface area contributed by atoms with Crippen LogP contribution in [0, 0.1) is 5.82 Å². The smallest absolute Gasteiger partial charge is 0.317 e. The van der Waals surface area contributed by atoms with E-state index in [0.29, 0.717) is 44.1 Å². The van der Waals surface area contributed by atoms with Gasteiger partial charge in [-0.25, -0.2) is 14.4 Å². The molecule has 110 valence electrons. The number of carbonyl (C=O) groups is 1. The normalized spacial score (nSPS) is 17.0. The van der Waals surface area contributed by atoms with Crippen molar-refractivity contribution >= 4 is 11.8 Å². The van der Waals surface area contributed by atoms with Gasteiger partial charge in [0.15, 0.2) is 11.6 Å². The predicted molar refractivity (Wildman–Crippen MR) is 72.3 cm³/mol. The Morgan fingerprint density at radius 1 is 1.35 bits per heavy atom. The molecule has 1 aliphatic heterocycles. The van der Waals surface area contributed by atoms with Crippen LogP contribution in [0.15, 0.2) is 6.33 Å². The Morgan fingerprint density at radius 2 is 2.15 bits per heavy atom. The fourth-order valence-corrected chi connectivity index (χ4v) is 2.39. The highest BCUT2D eigenvalue weighted by Gasteiger charge is 2.21. The van der Waals surface area contributed by atoms with Gasteiger partial charge in [0, 0.05) is 26.2 Å². The quantitative estimate of drug-likeness (QED) is 0.880. The van der Waals surface area contributed by atoms with Gasteiger partial charge in [-0.3, -0.25) is 9.69 Å². The van der Waals surface area contributed by atoms with Crippen molar-refractivity contribution in [1.82, 2.24) is 14.9 Å². The molecule has 1 saturated heterocycles. The van der Waals surface area contributed by atoms with Gasteiger partial charge in [-0.05, 0) is 12.8 Å². The minimum Gasteiger partial charge on any atom is -0.480 e. The van der Waals surface area contributed by atoms with Crippen LogP contribution in [0.1, 0.15) is 19.0 Å². The molecule has 1 aliphatic rings. The van der Waals surface area contributed by atoms with Gasteiger partial charge in [0.1, 0.15) is 6.33 Å². The van der Waals surface area contributed by atoms with Gasteiger partial charge in [0.2, 0.25) is 0 Å². The van der Waals surface area contributed by atoms with Crippen LogP contribution >= 0.6 is 0 Å². The number of aryl methyl sites for hydroxylation is 1. The second-order valence-corrected chi connectivity index (χ2v) is 4.82. The summed E-state index contributed by atoms with van der Waals surface area (Å²) in [6.45, 7) is 4.43. The number of aliphatic carboxylic acids is 1. The Hall–Kier alpha value is -1.76. The Labute approximate surface area is 117 Å². The van der Waals surface area contributed by atoms with Crippen molar-refractivity contribution in [3.8, 4) is 0 Å². The lowest BCUT2D eigenvalue weighted by atomic mass is 10.3. The number of hydrogen-bond donors (Lipinski definition) is 1. The minimum absolute atomic E-state index is 0.0281. The van der Waals surface area contributed by atoms with Crippen molar-refractivity contribution in [2.45, 2.75) is 19.8 Å². The van der Waals surface area contributed by atoms with Gasteiger partial charge in [0.05, 0.1) is 12.2 Å². The number of carboxylic acids is 1. The molecule has 6 nitrogen and oxygen atoms in total. The number of hydrogen-bond acceptors (Lipinski definition) is 5. The SMILES string of the molecule is CCc1ncnc(N2CCCN(CC(=O)O)CC2)c1F. The number of anilines is 1. The third kappa shape index (κ3) is 3.41. The molecule has 20 heavy (non-hydrogen) atoms. The number of rotatable bonds is 4. The molecule has 2 rings (SSSR count). The minimum atomic E-state index is -0.833. The molecule has 1 N–H and O–H groups in total. The van der Waals surface area contributed by atoms with Crippen LogP contribution in [0.3, 0.4) is 0 Å². The van der Waals surface area contributed by atoms with Gasteiger partial charge in [-0.15, -0.1) is 0 Å². The molecular formula is C13H19FN4O2. The average molecular weight is 282 g/mol. The van der Waals surface area contributed by atoms with Crippen LogP contribution in [-0.2, 0) is 11.2 Å². The number of aromatic nitrogens is 2. The Kier molecular flexibility index (Phi) is 4.84. The van der Waals surface area contributed by atoms with Gasteiger partial charge in [-0.1, -0.05) is 6.92 Å². The maximum Gasteiger partial charge on any atom is 0.317 e. The van der Waals surface area contributed by atoms with Crippen LogP contribution in [0.25, 0.3) is 0 Å². The summed E-state index contributed by atoms with van der Waals surface area (Å²) >= 11 is 0. The first kappa shape index (κ1) is 14.6. The third-order valence-corrected chi connectivity index (χ3v) is 3.43. The first-order valence-corrected chi connectivity index (χ1v) is 6.80. The monoisotopic (exact) mass is 282 g/mol. The fourth-order valence-electron chi connectivity index (χ4n) is 2.39. The van der Waals surface area contributed by atoms with E-state index in [2.05, 4.69) is 9.97 Å². The highest BCUT2D eigenvalue weighted by atomic mass is 19.1. The highest BCUT2D eigenvalue weighted by Crippen LogP contribution is 2.19. The van der Waals surface area contributed by atoms with E-state index in [1.165, 1.54) is 6.33 Å². The molecule has 0 bridgehead atoms. The molecule has 0 amide bonds. The van der Waals surface area contributed by atoms with Crippen LogP contribution < -0.4 is 4.90 Å². The predicted octanol–water partition coefficient (Wildman–Crippen LogP) is 0.775. The molecular weight excluding hydrogens is 263 g/mol. The summed E-state index contributed by atoms with van der Waals surface area (Å²) in [6.07, 6.45) is 2.70. The second kappa shape index (κ2) is 6.60. The van der Waals surface area contributed by atoms with Gasteiger partial charge < -0.3 is 10.0 Å². The van der Waals surface area contributed by atoms with E-state index < -0.39 is 5.97 Å². The molecule has 1 aromatic heterocycles. The van der Waals surface area contributed by atoms with E-state index in [0.717, 1.165) is 6.42 Å². The van der Waals surface area contributed by atoms with E-state index in [-0.39, 0.29) is 12.4 Å². The molecule has 1 fully saturated rings. The molecule has 2 heterocycles. The van der Waals surface area contributed by atoms with Crippen LogP contribution in [0.5, 0.6) is 0 Å². The first-order valence-electron chi connectivity index (χ1n) is 6.80. The Morgan fingerprint density at radius 3 is 2.85 bits per heavy atom. The van der Waals surface area contributed by atoms with E-state index in [1.807, 2.05) is 16.7 Å². The number of nitrogens with zero attached hydrogens (tertiary/aromatic N) is 4. The number of carboxylic acid groups (broad SMARTS) is 1. The maximum absolute atomic E-state index is 14.2. The average Bonchev–Trinajstić information content (AvgIpc) is 2.64. The maximum atomic E-state index is 14.2. The summed E-state index contributed by atoms with van der Waals surface area (Å²) in [5.41, 5.74) is 0.418. The Bertz CT molecular complexity index is 483. The van der Waals surface area contributed by atoms with Crippen LogP contribution in [0.4, 0.5) is 10.2 Å². The highest BCUT2D eigenvalue weighted by molar-refractivity contribution is 5.69. The summed E-state index contributed by atoms with van der Waals surface area (Å²) in [4.78, 5) is 22.4. The summed E-state index contributed by atoms with van der Waals surface area (Å²) < 4.78 is 14.2. The lowest BCUT2D eigenvalue weighted by molar-refractivity contribution is -0.138. The van der Waals surface area contributed by atoms with Gasteiger partial charge in [0.25, 0.3) is 0 Å². The number of halogens is 1. The Balaban J connectivity index is 2.09. The molecule has 0 atom stereocenters. The van der Waals surface area contributed by atoms with Crippen LogP contribution in [0.2, 0.25) is 0 Å².